The van der Waals surface area contributed by atoms with E-state index < -0.39 is 0 Å². The highest BCUT2D eigenvalue weighted by molar-refractivity contribution is 5.86. The van der Waals surface area contributed by atoms with Gasteiger partial charge in [0.25, 0.3) is 0 Å². The highest BCUT2D eigenvalue weighted by Gasteiger charge is 2.25. The molecule has 5 heterocycles. The zero-order valence-corrected chi connectivity index (χ0v) is 18.4. The van der Waals surface area contributed by atoms with Crippen LogP contribution in [0, 0.1) is 6.92 Å². The third-order valence-corrected chi connectivity index (χ3v) is 5.91. The predicted octanol–water partition coefficient (Wildman–Crippen LogP) is 3.36. The number of imidazole rings is 2. The van der Waals surface area contributed by atoms with Gasteiger partial charge in [0.05, 0.1) is 17.6 Å². The highest BCUT2D eigenvalue weighted by Crippen LogP contribution is 2.29. The van der Waals surface area contributed by atoms with Crippen molar-refractivity contribution in [2.45, 2.75) is 65.6 Å². The van der Waals surface area contributed by atoms with Gasteiger partial charge in [-0.05, 0) is 26.2 Å². The third kappa shape index (κ3) is 3.43. The Morgan fingerprint density at radius 2 is 1.94 bits per heavy atom. The molecule has 160 valence electrons. The molecule has 1 unspecified atom stereocenters. The standard InChI is InChI=1S/C22H27N9/c1-5-31-21(15-9-23-14(4)24-10-15)29-19-20(25-11-26-22(19)31)28-16-6-7-30-12-27-18(13(2)3)17(30)8-16/h9-13,16H,5-8H2,1-4H3,(H,25,26,28). The van der Waals surface area contributed by atoms with Crippen LogP contribution in [0.15, 0.2) is 25.0 Å². The smallest absolute Gasteiger partial charge is 0.165 e. The van der Waals surface area contributed by atoms with Crippen LogP contribution < -0.4 is 5.32 Å². The minimum Gasteiger partial charge on any atom is -0.365 e. The summed E-state index contributed by atoms with van der Waals surface area (Å²) in [4.78, 5) is 27.3. The van der Waals surface area contributed by atoms with Gasteiger partial charge in [0, 0.05) is 43.6 Å². The summed E-state index contributed by atoms with van der Waals surface area (Å²) in [5, 5.41) is 3.65. The van der Waals surface area contributed by atoms with Crippen molar-refractivity contribution in [1.82, 2.24) is 39.0 Å². The number of aryl methyl sites for hydroxylation is 3. The normalized spacial score (nSPS) is 16.1. The van der Waals surface area contributed by atoms with E-state index in [1.807, 2.05) is 25.6 Å². The summed E-state index contributed by atoms with van der Waals surface area (Å²) in [6, 6.07) is 0.276. The molecule has 4 aromatic heterocycles. The lowest BCUT2D eigenvalue weighted by Crippen LogP contribution is -2.30. The van der Waals surface area contributed by atoms with Crippen LogP contribution in [-0.4, -0.2) is 45.1 Å². The number of anilines is 1. The van der Waals surface area contributed by atoms with E-state index in [-0.39, 0.29) is 6.04 Å². The first-order chi connectivity index (χ1) is 15.0. The number of nitrogens with one attached hydrogen (secondary N) is 1. The van der Waals surface area contributed by atoms with E-state index in [0.29, 0.717) is 5.92 Å². The lowest BCUT2D eigenvalue weighted by Gasteiger charge is -2.26. The van der Waals surface area contributed by atoms with Gasteiger partial charge in [-0.1, -0.05) is 13.8 Å². The Balaban J connectivity index is 1.49. The van der Waals surface area contributed by atoms with Crippen LogP contribution in [0.3, 0.4) is 0 Å². The zero-order valence-electron chi connectivity index (χ0n) is 18.4. The fourth-order valence-corrected chi connectivity index (χ4v) is 4.34. The molecule has 1 N–H and O–H groups in total. The van der Waals surface area contributed by atoms with Gasteiger partial charge in [0.2, 0.25) is 0 Å². The zero-order chi connectivity index (χ0) is 21.5. The van der Waals surface area contributed by atoms with Gasteiger partial charge in [0.1, 0.15) is 18.0 Å². The Hall–Kier alpha value is -3.36. The third-order valence-electron chi connectivity index (χ3n) is 5.91. The van der Waals surface area contributed by atoms with Crippen molar-refractivity contribution in [3.63, 3.8) is 0 Å². The van der Waals surface area contributed by atoms with Crippen LogP contribution in [0.1, 0.15) is 50.3 Å². The summed E-state index contributed by atoms with van der Waals surface area (Å²) in [6.07, 6.45) is 9.15. The van der Waals surface area contributed by atoms with Gasteiger partial charge in [-0.2, -0.15) is 0 Å². The molecule has 4 aromatic rings. The molecule has 31 heavy (non-hydrogen) atoms. The van der Waals surface area contributed by atoms with Gasteiger partial charge in [0.15, 0.2) is 17.0 Å². The maximum Gasteiger partial charge on any atom is 0.165 e. The molecule has 5 rings (SSSR count). The van der Waals surface area contributed by atoms with Crippen molar-refractivity contribution in [3.8, 4) is 11.4 Å². The van der Waals surface area contributed by atoms with Crippen molar-refractivity contribution in [1.29, 1.82) is 0 Å². The molecule has 0 fully saturated rings. The van der Waals surface area contributed by atoms with Crippen LogP contribution in [-0.2, 0) is 19.5 Å². The molecule has 0 spiro atoms. The second kappa shape index (κ2) is 7.72. The first kappa shape index (κ1) is 19.6. The maximum absolute atomic E-state index is 4.91. The molecule has 0 aliphatic carbocycles. The topological polar surface area (TPSA) is 99.2 Å². The summed E-state index contributed by atoms with van der Waals surface area (Å²) in [7, 11) is 0. The van der Waals surface area contributed by atoms with Crippen LogP contribution in [0.25, 0.3) is 22.6 Å². The fourth-order valence-electron chi connectivity index (χ4n) is 4.34. The molecular weight excluding hydrogens is 390 g/mol. The minimum atomic E-state index is 0.276. The highest BCUT2D eigenvalue weighted by atomic mass is 15.2. The molecule has 0 radical (unpaired) electrons. The lowest BCUT2D eigenvalue weighted by atomic mass is 9.98. The molecule has 1 aliphatic heterocycles. The van der Waals surface area contributed by atoms with Crippen molar-refractivity contribution in [2.24, 2.45) is 0 Å². The molecule has 1 atom stereocenters. The number of aromatic nitrogens is 8. The van der Waals surface area contributed by atoms with Crippen LogP contribution in [0.5, 0.6) is 0 Å². The molecule has 0 bridgehead atoms. The van der Waals surface area contributed by atoms with Crippen molar-refractivity contribution in [2.75, 3.05) is 5.32 Å². The van der Waals surface area contributed by atoms with E-state index in [1.165, 1.54) is 11.4 Å². The van der Waals surface area contributed by atoms with E-state index in [0.717, 1.165) is 60.1 Å². The van der Waals surface area contributed by atoms with Gasteiger partial charge in [-0.25, -0.2) is 29.9 Å². The molecule has 1 aliphatic rings. The molecule has 0 saturated heterocycles. The molecule has 0 aromatic carbocycles. The van der Waals surface area contributed by atoms with Gasteiger partial charge >= 0.3 is 0 Å². The van der Waals surface area contributed by atoms with Crippen LogP contribution >= 0.6 is 0 Å². The first-order valence-corrected chi connectivity index (χ1v) is 10.9. The molecule has 9 nitrogen and oxygen atoms in total. The Morgan fingerprint density at radius 3 is 2.68 bits per heavy atom. The predicted molar refractivity (Wildman–Crippen MR) is 119 cm³/mol. The van der Waals surface area contributed by atoms with Crippen molar-refractivity contribution < 1.29 is 0 Å². The van der Waals surface area contributed by atoms with E-state index >= 15 is 0 Å². The number of fused-ring (bicyclic) bond motifs is 2. The number of nitrogens with zero attached hydrogens (tertiary/aromatic N) is 8. The number of hydrogen-bond acceptors (Lipinski definition) is 7. The molecule has 0 amide bonds. The number of rotatable bonds is 5. The quantitative estimate of drug-likeness (QED) is 0.531. The summed E-state index contributed by atoms with van der Waals surface area (Å²) in [6.45, 7) is 10.1. The van der Waals surface area contributed by atoms with Gasteiger partial charge in [-0.3, -0.25) is 0 Å². The molecule has 9 heteroatoms. The first-order valence-electron chi connectivity index (χ1n) is 10.9. The summed E-state index contributed by atoms with van der Waals surface area (Å²) in [5.41, 5.74) is 4.99. The average molecular weight is 418 g/mol. The Labute approximate surface area is 181 Å². The van der Waals surface area contributed by atoms with E-state index in [1.54, 1.807) is 6.33 Å². The SMILES string of the molecule is CCn1c(-c2cnc(C)nc2)nc2c(NC3CCn4cnc(C(C)C)c4C3)ncnc21. The second-order valence-corrected chi connectivity index (χ2v) is 8.35. The number of hydrogen-bond donors (Lipinski definition) is 1. The van der Waals surface area contributed by atoms with Crippen LogP contribution in [0.4, 0.5) is 5.82 Å². The van der Waals surface area contributed by atoms with Crippen LogP contribution in [0.2, 0.25) is 0 Å². The molecular formula is C22H27N9. The van der Waals surface area contributed by atoms with E-state index in [9.17, 15) is 0 Å². The summed E-state index contributed by atoms with van der Waals surface area (Å²) >= 11 is 0. The van der Waals surface area contributed by atoms with E-state index in [2.05, 4.69) is 60.1 Å². The Morgan fingerprint density at radius 1 is 1.13 bits per heavy atom. The minimum absolute atomic E-state index is 0.276. The molecule has 0 saturated carbocycles. The van der Waals surface area contributed by atoms with Gasteiger partial charge in [-0.15, -0.1) is 0 Å². The Bertz CT molecular complexity index is 1220. The van der Waals surface area contributed by atoms with Crippen molar-refractivity contribution >= 4 is 17.0 Å². The lowest BCUT2D eigenvalue weighted by molar-refractivity contribution is 0.487. The second-order valence-electron chi connectivity index (χ2n) is 8.35. The summed E-state index contributed by atoms with van der Waals surface area (Å²) < 4.78 is 4.37. The summed E-state index contributed by atoms with van der Waals surface area (Å²) in [5.74, 6) is 2.74. The van der Waals surface area contributed by atoms with Gasteiger partial charge < -0.3 is 14.5 Å². The monoisotopic (exact) mass is 417 g/mol. The van der Waals surface area contributed by atoms with Crippen molar-refractivity contribution in [3.05, 3.63) is 42.3 Å². The average Bonchev–Trinajstić information content (AvgIpc) is 3.36. The maximum atomic E-state index is 4.91. The fraction of sp³-hybridized carbons (Fsp3) is 0.455. The Kier molecular flexibility index (Phi) is 4.88. The largest absolute Gasteiger partial charge is 0.365 e. The van der Waals surface area contributed by atoms with E-state index in [4.69, 9.17) is 4.98 Å².